The van der Waals surface area contributed by atoms with Crippen molar-refractivity contribution in [3.63, 3.8) is 0 Å². The van der Waals surface area contributed by atoms with Gasteiger partial charge in [-0.15, -0.1) is 0 Å². The quantitative estimate of drug-likeness (QED) is 0.643. The van der Waals surface area contributed by atoms with Crippen molar-refractivity contribution in [1.82, 2.24) is 14.0 Å². The largest absolute Gasteiger partial charge is 0.352 e. The molecule has 1 aliphatic carbocycles. The Bertz CT molecular complexity index is 942. The number of nitrogens with zero attached hydrogens (tertiary/aromatic N) is 4. The van der Waals surface area contributed by atoms with E-state index in [0.29, 0.717) is 6.04 Å². The Morgan fingerprint density at radius 1 is 1.08 bits per heavy atom. The van der Waals surface area contributed by atoms with E-state index in [2.05, 4.69) is 71.4 Å². The summed E-state index contributed by atoms with van der Waals surface area (Å²) in [7, 11) is 2.09. The van der Waals surface area contributed by atoms with Gasteiger partial charge in [0.25, 0.3) is 0 Å². The Morgan fingerprint density at radius 3 is 2.60 bits per heavy atom. The van der Waals surface area contributed by atoms with Crippen molar-refractivity contribution in [2.24, 2.45) is 7.05 Å². The van der Waals surface area contributed by atoms with Crippen molar-refractivity contribution >= 4 is 11.5 Å². The van der Waals surface area contributed by atoms with Gasteiger partial charge in [-0.1, -0.05) is 37.5 Å². The zero-order chi connectivity index (χ0) is 17.2. The minimum atomic E-state index is 0.0606. The summed E-state index contributed by atoms with van der Waals surface area (Å²) in [6, 6.07) is 9.18. The number of aromatic nitrogens is 3. The van der Waals surface area contributed by atoms with E-state index in [1.54, 1.807) is 0 Å². The summed E-state index contributed by atoms with van der Waals surface area (Å²) in [5.74, 6) is 1.08. The SMILES string of the molecule is Cc1ccccc1N1C(C)c2c(nc3n(C)ccn23)C12CCCCC2. The van der Waals surface area contributed by atoms with Gasteiger partial charge in [0.1, 0.15) is 0 Å². The number of para-hydroxylation sites is 1. The number of imidazole rings is 2. The van der Waals surface area contributed by atoms with Crippen LogP contribution in [-0.4, -0.2) is 14.0 Å². The molecule has 2 aliphatic rings. The predicted molar refractivity (Wildman–Crippen MR) is 101 cm³/mol. The minimum Gasteiger partial charge on any atom is -0.352 e. The lowest BCUT2D eigenvalue weighted by atomic mass is 9.79. The fourth-order valence-electron chi connectivity index (χ4n) is 5.30. The van der Waals surface area contributed by atoms with Gasteiger partial charge in [-0.2, -0.15) is 0 Å². The van der Waals surface area contributed by atoms with Crippen LogP contribution in [0.15, 0.2) is 36.7 Å². The summed E-state index contributed by atoms with van der Waals surface area (Å²) >= 11 is 0. The summed E-state index contributed by atoms with van der Waals surface area (Å²) in [5, 5.41) is 0. The van der Waals surface area contributed by atoms with Crippen molar-refractivity contribution in [2.75, 3.05) is 4.90 Å². The van der Waals surface area contributed by atoms with Crippen LogP contribution in [0.4, 0.5) is 5.69 Å². The third-order valence-electron chi connectivity index (χ3n) is 6.42. The maximum absolute atomic E-state index is 5.17. The van der Waals surface area contributed by atoms with Crippen LogP contribution in [0.2, 0.25) is 0 Å². The van der Waals surface area contributed by atoms with Gasteiger partial charge in [-0.05, 0) is 38.3 Å². The lowest BCUT2D eigenvalue weighted by Crippen LogP contribution is -2.44. The van der Waals surface area contributed by atoms with Crippen molar-refractivity contribution in [3.8, 4) is 0 Å². The molecule has 1 unspecified atom stereocenters. The molecular weight excluding hydrogens is 308 g/mol. The van der Waals surface area contributed by atoms with E-state index in [9.17, 15) is 0 Å². The van der Waals surface area contributed by atoms with Gasteiger partial charge in [0, 0.05) is 25.1 Å². The number of hydrogen-bond acceptors (Lipinski definition) is 2. The molecule has 0 N–H and O–H groups in total. The molecule has 1 aliphatic heterocycles. The highest BCUT2D eigenvalue weighted by Gasteiger charge is 2.52. The van der Waals surface area contributed by atoms with E-state index in [1.807, 2.05) is 0 Å². The van der Waals surface area contributed by atoms with Crippen molar-refractivity contribution < 1.29 is 0 Å². The van der Waals surface area contributed by atoms with Gasteiger partial charge in [0.15, 0.2) is 0 Å². The monoisotopic (exact) mass is 334 g/mol. The second-order valence-electron chi connectivity index (χ2n) is 7.85. The average Bonchev–Trinajstić information content (AvgIpc) is 3.23. The molecule has 3 aromatic rings. The van der Waals surface area contributed by atoms with Gasteiger partial charge in [0.05, 0.1) is 23.0 Å². The first kappa shape index (κ1) is 15.1. The molecule has 0 saturated heterocycles. The third kappa shape index (κ3) is 1.85. The molecule has 1 atom stereocenters. The maximum Gasteiger partial charge on any atom is 0.214 e. The summed E-state index contributed by atoms with van der Waals surface area (Å²) < 4.78 is 4.45. The predicted octanol–water partition coefficient (Wildman–Crippen LogP) is 4.72. The maximum atomic E-state index is 5.17. The second-order valence-corrected chi connectivity index (χ2v) is 7.85. The average molecular weight is 334 g/mol. The van der Waals surface area contributed by atoms with Crippen LogP contribution in [0, 0.1) is 6.92 Å². The lowest BCUT2D eigenvalue weighted by Gasteiger charge is -2.45. The van der Waals surface area contributed by atoms with E-state index in [1.165, 1.54) is 54.7 Å². The van der Waals surface area contributed by atoms with E-state index in [-0.39, 0.29) is 5.54 Å². The fourth-order valence-corrected chi connectivity index (χ4v) is 5.30. The first-order valence-electron chi connectivity index (χ1n) is 9.52. The molecule has 5 rings (SSSR count). The van der Waals surface area contributed by atoms with E-state index in [0.717, 1.165) is 5.78 Å². The second kappa shape index (κ2) is 5.13. The molecule has 0 radical (unpaired) electrons. The molecule has 130 valence electrons. The Kier molecular flexibility index (Phi) is 3.09. The smallest absolute Gasteiger partial charge is 0.214 e. The number of rotatable bonds is 1. The van der Waals surface area contributed by atoms with Gasteiger partial charge in [-0.25, -0.2) is 4.98 Å². The highest BCUT2D eigenvalue weighted by molar-refractivity contribution is 5.63. The first-order valence-corrected chi connectivity index (χ1v) is 9.52. The summed E-state index contributed by atoms with van der Waals surface area (Å²) in [4.78, 5) is 7.86. The highest BCUT2D eigenvalue weighted by atomic mass is 15.3. The zero-order valence-electron chi connectivity index (χ0n) is 15.4. The van der Waals surface area contributed by atoms with Crippen LogP contribution in [0.1, 0.15) is 62.0 Å². The van der Waals surface area contributed by atoms with Gasteiger partial charge >= 0.3 is 0 Å². The van der Waals surface area contributed by atoms with Crippen LogP contribution >= 0.6 is 0 Å². The van der Waals surface area contributed by atoms with Crippen molar-refractivity contribution in [1.29, 1.82) is 0 Å². The molecule has 4 heteroatoms. The minimum absolute atomic E-state index is 0.0606. The van der Waals surface area contributed by atoms with Crippen LogP contribution in [0.25, 0.3) is 5.78 Å². The third-order valence-corrected chi connectivity index (χ3v) is 6.42. The Labute approximate surface area is 149 Å². The topological polar surface area (TPSA) is 25.5 Å². The van der Waals surface area contributed by atoms with Gasteiger partial charge in [0.2, 0.25) is 5.78 Å². The Balaban J connectivity index is 1.78. The van der Waals surface area contributed by atoms with E-state index >= 15 is 0 Å². The van der Waals surface area contributed by atoms with E-state index in [4.69, 9.17) is 4.98 Å². The molecular formula is C21H26N4. The summed E-state index contributed by atoms with van der Waals surface area (Å²) in [6.07, 6.45) is 10.6. The number of fused-ring (bicyclic) bond motifs is 4. The standard InChI is InChI=1S/C21H26N4/c1-15-9-5-6-10-17(15)25-16(2)18-19(21(25)11-7-4-8-12-21)22-20-23(3)13-14-24(18)20/h5-6,9-10,13-14,16H,4,7-8,11-12H2,1-3H3. The number of aryl methyl sites for hydroxylation is 2. The van der Waals surface area contributed by atoms with Crippen LogP contribution < -0.4 is 4.90 Å². The Morgan fingerprint density at radius 2 is 1.84 bits per heavy atom. The zero-order valence-corrected chi connectivity index (χ0v) is 15.4. The molecule has 3 heterocycles. The van der Waals surface area contributed by atoms with Crippen molar-refractivity contribution in [3.05, 3.63) is 53.6 Å². The molecule has 25 heavy (non-hydrogen) atoms. The molecule has 0 amide bonds. The fraction of sp³-hybridized carbons (Fsp3) is 0.476. The van der Waals surface area contributed by atoms with Crippen molar-refractivity contribution in [2.45, 2.75) is 57.5 Å². The molecule has 2 aromatic heterocycles. The molecule has 1 fully saturated rings. The molecule has 1 aromatic carbocycles. The highest BCUT2D eigenvalue weighted by Crippen LogP contribution is 2.55. The van der Waals surface area contributed by atoms with Crippen LogP contribution in [0.3, 0.4) is 0 Å². The van der Waals surface area contributed by atoms with E-state index < -0.39 is 0 Å². The van der Waals surface area contributed by atoms with Gasteiger partial charge in [-0.3, -0.25) is 4.40 Å². The molecule has 1 saturated carbocycles. The number of benzene rings is 1. The number of anilines is 1. The summed E-state index contributed by atoms with van der Waals surface area (Å²) in [6.45, 7) is 4.59. The number of hydrogen-bond donors (Lipinski definition) is 0. The first-order chi connectivity index (χ1) is 12.1. The van der Waals surface area contributed by atoms with Crippen LogP contribution in [0.5, 0.6) is 0 Å². The molecule has 4 nitrogen and oxygen atoms in total. The molecule has 0 bridgehead atoms. The Hall–Kier alpha value is -2.23. The molecule has 1 spiro atoms. The van der Waals surface area contributed by atoms with Crippen LogP contribution in [-0.2, 0) is 12.6 Å². The lowest BCUT2D eigenvalue weighted by molar-refractivity contribution is 0.278. The van der Waals surface area contributed by atoms with Gasteiger partial charge < -0.3 is 9.47 Å². The summed E-state index contributed by atoms with van der Waals surface area (Å²) in [5.41, 5.74) is 5.51. The normalized spacial score (nSPS) is 22.0.